The molecule has 2 nitrogen and oxygen atoms in total. The summed E-state index contributed by atoms with van der Waals surface area (Å²) < 4.78 is 0. The molecule has 1 rings (SSSR count). The van der Waals surface area contributed by atoms with Crippen LogP contribution in [0.5, 0.6) is 0 Å². The van der Waals surface area contributed by atoms with E-state index in [4.69, 9.17) is 0 Å². The van der Waals surface area contributed by atoms with Crippen LogP contribution in [0.3, 0.4) is 0 Å². The molecule has 1 heterocycles. The van der Waals surface area contributed by atoms with E-state index in [9.17, 15) is 0 Å². The van der Waals surface area contributed by atoms with Gasteiger partial charge in [-0.3, -0.25) is 0 Å². The van der Waals surface area contributed by atoms with E-state index in [1.165, 1.54) is 25.8 Å². The minimum absolute atomic E-state index is 0.597. The van der Waals surface area contributed by atoms with E-state index < -0.39 is 0 Å². The Balaban J connectivity index is 2.81. The second kappa shape index (κ2) is 10.0. The molecule has 2 heteroatoms. The lowest BCUT2D eigenvalue weighted by Gasteiger charge is -2.43. The summed E-state index contributed by atoms with van der Waals surface area (Å²) in [7, 11) is 0. The van der Waals surface area contributed by atoms with E-state index in [-0.39, 0.29) is 0 Å². The fourth-order valence-electron chi connectivity index (χ4n) is 4.83. The second-order valence-electron chi connectivity index (χ2n) is 8.72. The lowest BCUT2D eigenvalue weighted by molar-refractivity contribution is 0.110. The molecule has 0 amide bonds. The molecule has 1 aliphatic rings. The average Bonchev–Trinajstić information content (AvgIpc) is 2.50. The Kier molecular flexibility index (Phi) is 9.15. The highest BCUT2D eigenvalue weighted by molar-refractivity contribution is 4.90. The molecule has 1 saturated heterocycles. The van der Waals surface area contributed by atoms with Gasteiger partial charge in [0.2, 0.25) is 0 Å². The van der Waals surface area contributed by atoms with E-state index >= 15 is 0 Å². The van der Waals surface area contributed by atoms with E-state index in [1.807, 2.05) is 0 Å². The van der Waals surface area contributed by atoms with Gasteiger partial charge in [-0.15, -0.1) is 0 Å². The Morgan fingerprint density at radius 2 is 1.70 bits per heavy atom. The van der Waals surface area contributed by atoms with E-state index in [1.54, 1.807) is 0 Å². The molecule has 0 aromatic heterocycles. The third kappa shape index (κ3) is 5.74. The van der Waals surface area contributed by atoms with Crippen LogP contribution in [0.15, 0.2) is 0 Å². The average molecular weight is 325 g/mol. The summed E-state index contributed by atoms with van der Waals surface area (Å²) in [5, 5.41) is 7.65. The maximum atomic E-state index is 4.04. The molecule has 1 fully saturated rings. The van der Waals surface area contributed by atoms with Crippen molar-refractivity contribution in [3.05, 3.63) is 0 Å². The van der Waals surface area contributed by atoms with E-state index in [0.29, 0.717) is 12.1 Å². The van der Waals surface area contributed by atoms with E-state index in [2.05, 4.69) is 66.0 Å². The standard InChI is InChI=1S/C21H44N2/c1-9-11-19(15(5)10-2)21(14(3)4)18(8)23-20-13-22-12-16(6)17(20)7/h14-23H,9-13H2,1-8H3. The number of hydrogen-bond donors (Lipinski definition) is 2. The Morgan fingerprint density at radius 1 is 1.04 bits per heavy atom. The first kappa shape index (κ1) is 21.0. The zero-order valence-corrected chi connectivity index (χ0v) is 17.2. The number of nitrogens with one attached hydrogen (secondary N) is 2. The minimum atomic E-state index is 0.597. The Bertz CT molecular complexity index is 315. The molecule has 0 aliphatic carbocycles. The summed E-state index contributed by atoms with van der Waals surface area (Å²) in [4.78, 5) is 0. The molecule has 0 saturated carbocycles. The molecule has 0 bridgehead atoms. The lowest BCUT2D eigenvalue weighted by atomic mass is 9.70. The zero-order chi connectivity index (χ0) is 17.6. The third-order valence-electron chi connectivity index (χ3n) is 6.68. The number of hydrogen-bond acceptors (Lipinski definition) is 2. The van der Waals surface area contributed by atoms with Gasteiger partial charge in [0.15, 0.2) is 0 Å². The maximum Gasteiger partial charge on any atom is 0.0223 e. The van der Waals surface area contributed by atoms with Crippen molar-refractivity contribution in [2.45, 2.75) is 86.7 Å². The van der Waals surface area contributed by atoms with Crippen molar-refractivity contribution in [3.8, 4) is 0 Å². The predicted octanol–water partition coefficient (Wildman–Crippen LogP) is 4.94. The van der Waals surface area contributed by atoms with Crippen LogP contribution in [0.4, 0.5) is 0 Å². The van der Waals surface area contributed by atoms with Gasteiger partial charge >= 0.3 is 0 Å². The van der Waals surface area contributed by atoms with Gasteiger partial charge in [0.25, 0.3) is 0 Å². The summed E-state index contributed by atoms with van der Waals surface area (Å²) >= 11 is 0. The highest BCUT2D eigenvalue weighted by Crippen LogP contribution is 2.35. The minimum Gasteiger partial charge on any atom is -0.315 e. The normalized spacial score (nSPS) is 30.9. The lowest BCUT2D eigenvalue weighted by Crippen LogP contribution is -2.56. The number of piperidine rings is 1. The third-order valence-corrected chi connectivity index (χ3v) is 6.68. The molecule has 0 aromatic rings. The van der Waals surface area contributed by atoms with Gasteiger partial charge in [0.1, 0.15) is 0 Å². The van der Waals surface area contributed by atoms with Crippen molar-refractivity contribution in [2.75, 3.05) is 13.1 Å². The quantitative estimate of drug-likeness (QED) is 0.627. The van der Waals surface area contributed by atoms with Crippen molar-refractivity contribution in [3.63, 3.8) is 0 Å². The van der Waals surface area contributed by atoms with Crippen molar-refractivity contribution in [1.82, 2.24) is 10.6 Å². The van der Waals surface area contributed by atoms with Crippen molar-refractivity contribution in [1.29, 1.82) is 0 Å². The zero-order valence-electron chi connectivity index (χ0n) is 17.2. The summed E-state index contributed by atoms with van der Waals surface area (Å²) in [6.45, 7) is 21.6. The van der Waals surface area contributed by atoms with Crippen LogP contribution in [0.25, 0.3) is 0 Å². The molecule has 23 heavy (non-hydrogen) atoms. The molecule has 7 unspecified atom stereocenters. The van der Waals surface area contributed by atoms with Gasteiger partial charge in [-0.25, -0.2) is 0 Å². The smallest absolute Gasteiger partial charge is 0.0223 e. The predicted molar refractivity (Wildman–Crippen MR) is 104 cm³/mol. The molecular weight excluding hydrogens is 280 g/mol. The monoisotopic (exact) mass is 324 g/mol. The summed E-state index contributed by atoms with van der Waals surface area (Å²) in [6.07, 6.45) is 3.99. The Hall–Kier alpha value is -0.0800. The van der Waals surface area contributed by atoms with Gasteiger partial charge in [-0.1, -0.05) is 67.7 Å². The van der Waals surface area contributed by atoms with Crippen LogP contribution in [-0.4, -0.2) is 25.2 Å². The summed E-state index contributed by atoms with van der Waals surface area (Å²) in [6, 6.07) is 1.22. The SMILES string of the molecule is CCCC(C(C)CC)C(C(C)C)C(C)NC1CNCC(C)C1C. The van der Waals surface area contributed by atoms with Crippen LogP contribution < -0.4 is 10.6 Å². The first-order valence-electron chi connectivity index (χ1n) is 10.3. The Morgan fingerprint density at radius 3 is 2.22 bits per heavy atom. The summed E-state index contributed by atoms with van der Waals surface area (Å²) in [5.74, 6) is 4.72. The first-order valence-corrected chi connectivity index (χ1v) is 10.3. The molecular formula is C21H44N2. The van der Waals surface area contributed by atoms with Crippen molar-refractivity contribution < 1.29 is 0 Å². The van der Waals surface area contributed by atoms with Crippen LogP contribution >= 0.6 is 0 Å². The van der Waals surface area contributed by atoms with Crippen LogP contribution in [0, 0.1) is 35.5 Å². The molecule has 0 spiro atoms. The molecule has 0 radical (unpaired) electrons. The number of rotatable bonds is 9. The van der Waals surface area contributed by atoms with Crippen LogP contribution in [0.2, 0.25) is 0 Å². The largest absolute Gasteiger partial charge is 0.315 e. The highest BCUT2D eigenvalue weighted by atomic mass is 15.0. The topological polar surface area (TPSA) is 24.1 Å². The summed E-state index contributed by atoms with van der Waals surface area (Å²) in [5.41, 5.74) is 0. The van der Waals surface area contributed by atoms with Gasteiger partial charge < -0.3 is 10.6 Å². The van der Waals surface area contributed by atoms with Crippen molar-refractivity contribution in [2.24, 2.45) is 35.5 Å². The molecule has 1 aliphatic heterocycles. The molecule has 0 aromatic carbocycles. The molecule has 7 atom stereocenters. The maximum absolute atomic E-state index is 4.04. The van der Waals surface area contributed by atoms with E-state index in [0.717, 1.165) is 42.1 Å². The van der Waals surface area contributed by atoms with Crippen LogP contribution in [0.1, 0.15) is 74.7 Å². The van der Waals surface area contributed by atoms with Crippen molar-refractivity contribution >= 4 is 0 Å². The fourth-order valence-corrected chi connectivity index (χ4v) is 4.83. The van der Waals surface area contributed by atoms with Crippen LogP contribution in [-0.2, 0) is 0 Å². The van der Waals surface area contributed by atoms with Gasteiger partial charge in [0, 0.05) is 18.6 Å². The molecule has 2 N–H and O–H groups in total. The van der Waals surface area contributed by atoms with Gasteiger partial charge in [0.05, 0.1) is 0 Å². The molecule has 138 valence electrons. The van der Waals surface area contributed by atoms with Gasteiger partial charge in [-0.2, -0.15) is 0 Å². The van der Waals surface area contributed by atoms with Gasteiger partial charge in [-0.05, 0) is 49.0 Å². The highest BCUT2D eigenvalue weighted by Gasteiger charge is 2.35. The first-order chi connectivity index (χ1) is 10.8. The Labute approximate surface area is 146 Å². The fraction of sp³-hybridized carbons (Fsp3) is 1.00. The second-order valence-corrected chi connectivity index (χ2v) is 8.72.